The van der Waals surface area contributed by atoms with Crippen molar-refractivity contribution < 1.29 is 4.74 Å². The summed E-state index contributed by atoms with van der Waals surface area (Å²) in [5.41, 5.74) is 1.22. The first-order valence-electron chi connectivity index (χ1n) is 9.25. The van der Waals surface area contributed by atoms with E-state index < -0.39 is 0 Å². The van der Waals surface area contributed by atoms with Crippen molar-refractivity contribution in [1.82, 2.24) is 15.5 Å². The first-order valence-corrected chi connectivity index (χ1v) is 11.0. The number of nitrogens with zero attached hydrogens (tertiary/aromatic N) is 2. The minimum absolute atomic E-state index is 0.243. The van der Waals surface area contributed by atoms with E-state index in [1.54, 1.807) is 0 Å². The van der Waals surface area contributed by atoms with E-state index in [1.807, 2.05) is 30.9 Å². The molecule has 2 rings (SSSR count). The van der Waals surface area contributed by atoms with Gasteiger partial charge in [0.1, 0.15) is 0 Å². The number of unbranched alkanes of at least 4 members (excludes halogenated alkanes) is 1. The molecule has 1 fully saturated rings. The van der Waals surface area contributed by atoms with E-state index in [4.69, 9.17) is 16.3 Å². The summed E-state index contributed by atoms with van der Waals surface area (Å²) >= 11 is 8.12. The molecule has 1 atom stereocenters. The molecular formula is C19H31ClN4OS. The molecule has 1 unspecified atom stereocenters. The predicted octanol–water partition coefficient (Wildman–Crippen LogP) is 3.02. The van der Waals surface area contributed by atoms with Crippen molar-refractivity contribution in [3.8, 4) is 0 Å². The zero-order chi connectivity index (χ0) is 18.6. The molecule has 0 aromatic heterocycles. The number of halogens is 1. The Bertz CT molecular complexity index is 552. The normalized spacial score (nSPS) is 17.1. The molecule has 0 amide bonds. The molecule has 1 aromatic rings. The van der Waals surface area contributed by atoms with Gasteiger partial charge in [-0.05, 0) is 42.5 Å². The van der Waals surface area contributed by atoms with Crippen LogP contribution in [0.2, 0.25) is 5.02 Å². The molecule has 1 aliphatic rings. The van der Waals surface area contributed by atoms with Gasteiger partial charge in [-0.1, -0.05) is 23.7 Å². The quantitative estimate of drug-likeness (QED) is 0.380. The fraction of sp³-hybridized carbons (Fsp3) is 0.632. The van der Waals surface area contributed by atoms with Gasteiger partial charge in [-0.15, -0.1) is 0 Å². The largest absolute Gasteiger partial charge is 0.379 e. The fourth-order valence-corrected chi connectivity index (χ4v) is 3.74. The molecule has 1 aliphatic heterocycles. The molecule has 1 aromatic carbocycles. The Morgan fingerprint density at radius 3 is 2.81 bits per heavy atom. The highest BCUT2D eigenvalue weighted by Crippen LogP contribution is 2.23. The minimum Gasteiger partial charge on any atom is -0.379 e. The maximum atomic E-state index is 6.23. The van der Waals surface area contributed by atoms with Gasteiger partial charge in [0.2, 0.25) is 0 Å². The number of aliphatic imine (C=N–C) groups is 1. The molecular weight excluding hydrogens is 368 g/mol. The van der Waals surface area contributed by atoms with E-state index in [9.17, 15) is 0 Å². The van der Waals surface area contributed by atoms with Gasteiger partial charge in [0, 0.05) is 38.2 Å². The monoisotopic (exact) mass is 398 g/mol. The molecule has 0 spiro atoms. The standard InChI is InChI=1S/C19H31ClN4OS/c1-21-19(22-8-3-4-13-26-2)23-15-18(24-9-11-25-12-10-24)16-6-5-7-17(20)14-16/h5-7,14,18H,3-4,8-13,15H2,1-2H3,(H2,21,22,23). The molecule has 26 heavy (non-hydrogen) atoms. The lowest BCUT2D eigenvalue weighted by Crippen LogP contribution is -2.46. The van der Waals surface area contributed by atoms with Crippen LogP contribution in [0.4, 0.5) is 0 Å². The molecule has 0 saturated carbocycles. The Balaban J connectivity index is 1.93. The summed E-state index contributed by atoms with van der Waals surface area (Å²) in [4.78, 5) is 6.81. The Hall–Kier alpha value is -0.950. The van der Waals surface area contributed by atoms with Crippen LogP contribution >= 0.6 is 23.4 Å². The van der Waals surface area contributed by atoms with Gasteiger partial charge in [-0.25, -0.2) is 0 Å². The number of rotatable bonds is 9. The van der Waals surface area contributed by atoms with E-state index in [1.165, 1.54) is 17.7 Å². The van der Waals surface area contributed by atoms with Gasteiger partial charge in [-0.2, -0.15) is 11.8 Å². The number of benzene rings is 1. The van der Waals surface area contributed by atoms with Crippen molar-refractivity contribution in [2.45, 2.75) is 18.9 Å². The molecule has 146 valence electrons. The van der Waals surface area contributed by atoms with Crippen molar-refractivity contribution >= 4 is 29.3 Å². The average Bonchev–Trinajstić information content (AvgIpc) is 2.67. The van der Waals surface area contributed by atoms with Crippen molar-refractivity contribution in [3.05, 3.63) is 34.9 Å². The second-order valence-electron chi connectivity index (χ2n) is 6.30. The zero-order valence-corrected chi connectivity index (χ0v) is 17.4. The summed E-state index contributed by atoms with van der Waals surface area (Å²) in [6.07, 6.45) is 4.53. The zero-order valence-electron chi connectivity index (χ0n) is 15.8. The summed E-state index contributed by atoms with van der Waals surface area (Å²) in [6, 6.07) is 8.38. The van der Waals surface area contributed by atoms with Crippen LogP contribution < -0.4 is 10.6 Å². The van der Waals surface area contributed by atoms with Crippen LogP contribution in [0.1, 0.15) is 24.4 Å². The molecule has 0 bridgehead atoms. The smallest absolute Gasteiger partial charge is 0.191 e. The van der Waals surface area contributed by atoms with Crippen LogP contribution in [-0.2, 0) is 4.74 Å². The third kappa shape index (κ3) is 7.35. The van der Waals surface area contributed by atoms with Crippen LogP contribution in [0, 0.1) is 0 Å². The minimum atomic E-state index is 0.243. The summed E-state index contributed by atoms with van der Waals surface area (Å²) in [5, 5.41) is 7.67. The topological polar surface area (TPSA) is 48.9 Å². The molecule has 1 heterocycles. The number of hydrogen-bond donors (Lipinski definition) is 2. The van der Waals surface area contributed by atoms with Gasteiger partial charge in [0.05, 0.1) is 19.3 Å². The van der Waals surface area contributed by atoms with E-state index in [-0.39, 0.29) is 6.04 Å². The number of guanidine groups is 1. The first kappa shape index (κ1) is 21.4. The summed E-state index contributed by atoms with van der Waals surface area (Å²) in [7, 11) is 1.82. The second kappa shape index (κ2) is 12.4. The maximum Gasteiger partial charge on any atom is 0.191 e. The van der Waals surface area contributed by atoms with Crippen molar-refractivity contribution in [2.75, 3.05) is 58.4 Å². The number of thioether (sulfide) groups is 1. The average molecular weight is 399 g/mol. The van der Waals surface area contributed by atoms with E-state index in [2.05, 4.69) is 38.9 Å². The van der Waals surface area contributed by atoms with Crippen LogP contribution in [0.25, 0.3) is 0 Å². The molecule has 7 heteroatoms. The van der Waals surface area contributed by atoms with Gasteiger partial charge in [-0.3, -0.25) is 9.89 Å². The number of hydrogen-bond acceptors (Lipinski definition) is 4. The number of ether oxygens (including phenoxy) is 1. The second-order valence-corrected chi connectivity index (χ2v) is 7.72. The van der Waals surface area contributed by atoms with E-state index in [0.29, 0.717) is 0 Å². The lowest BCUT2D eigenvalue weighted by molar-refractivity contribution is 0.0170. The third-order valence-electron chi connectivity index (χ3n) is 4.47. The van der Waals surface area contributed by atoms with Crippen molar-refractivity contribution in [3.63, 3.8) is 0 Å². The lowest BCUT2D eigenvalue weighted by atomic mass is 10.0. The van der Waals surface area contributed by atoms with E-state index in [0.717, 1.165) is 56.8 Å². The Labute approximate surface area is 166 Å². The van der Waals surface area contributed by atoms with Crippen LogP contribution in [0.5, 0.6) is 0 Å². The Morgan fingerprint density at radius 2 is 2.12 bits per heavy atom. The number of nitrogens with one attached hydrogen (secondary N) is 2. The van der Waals surface area contributed by atoms with Crippen LogP contribution in [0.3, 0.4) is 0 Å². The lowest BCUT2D eigenvalue weighted by Gasteiger charge is -2.35. The first-order chi connectivity index (χ1) is 12.7. The predicted molar refractivity (Wildman–Crippen MR) is 114 cm³/mol. The highest BCUT2D eigenvalue weighted by Gasteiger charge is 2.23. The van der Waals surface area contributed by atoms with Crippen molar-refractivity contribution in [2.24, 2.45) is 4.99 Å². The summed E-state index contributed by atoms with van der Waals surface area (Å²) < 4.78 is 5.52. The van der Waals surface area contributed by atoms with Gasteiger partial charge < -0.3 is 15.4 Å². The molecule has 1 saturated heterocycles. The Morgan fingerprint density at radius 1 is 1.31 bits per heavy atom. The molecule has 2 N–H and O–H groups in total. The van der Waals surface area contributed by atoms with Crippen molar-refractivity contribution in [1.29, 1.82) is 0 Å². The van der Waals surface area contributed by atoms with Gasteiger partial charge in [0.15, 0.2) is 5.96 Å². The van der Waals surface area contributed by atoms with Gasteiger partial charge >= 0.3 is 0 Å². The highest BCUT2D eigenvalue weighted by molar-refractivity contribution is 7.98. The van der Waals surface area contributed by atoms with Gasteiger partial charge in [0.25, 0.3) is 0 Å². The SMILES string of the molecule is CN=C(NCCCCSC)NCC(c1cccc(Cl)c1)N1CCOCC1. The number of morpholine rings is 1. The summed E-state index contributed by atoms with van der Waals surface area (Å²) in [6.45, 7) is 5.14. The third-order valence-corrected chi connectivity index (χ3v) is 5.41. The van der Waals surface area contributed by atoms with Crippen LogP contribution in [0.15, 0.2) is 29.3 Å². The Kier molecular flexibility index (Phi) is 10.2. The molecule has 0 radical (unpaired) electrons. The fourth-order valence-electron chi connectivity index (χ4n) is 3.05. The summed E-state index contributed by atoms with van der Waals surface area (Å²) in [5.74, 6) is 2.07. The van der Waals surface area contributed by atoms with Crippen LogP contribution in [-0.4, -0.2) is 69.3 Å². The highest BCUT2D eigenvalue weighted by atomic mass is 35.5. The van der Waals surface area contributed by atoms with E-state index >= 15 is 0 Å². The molecule has 0 aliphatic carbocycles. The maximum absolute atomic E-state index is 6.23. The molecule has 5 nitrogen and oxygen atoms in total.